The van der Waals surface area contributed by atoms with Crippen molar-refractivity contribution in [3.05, 3.63) is 99.9 Å². The highest BCUT2D eigenvalue weighted by molar-refractivity contribution is 6.01. The Morgan fingerprint density at radius 3 is 2.50 bits per heavy atom. The van der Waals surface area contributed by atoms with E-state index in [-0.39, 0.29) is 37.6 Å². The third kappa shape index (κ3) is 9.27. The highest BCUT2D eigenvalue weighted by Crippen LogP contribution is 2.46. The summed E-state index contributed by atoms with van der Waals surface area (Å²) in [6.45, 7) is 8.38. The first-order chi connectivity index (χ1) is 23.1. The van der Waals surface area contributed by atoms with Gasteiger partial charge in [0, 0.05) is 47.7 Å². The van der Waals surface area contributed by atoms with Gasteiger partial charge in [0.2, 0.25) is 5.90 Å². The van der Waals surface area contributed by atoms with Crippen LogP contribution < -0.4 is 14.8 Å². The molecule has 1 amide bonds. The standard InChI is InChI=1S/C36H43N5O7/c1-5-45-30-14-9-6-11-25(30)20-22-38-34(44)36(21-19-31(43)48-35(2,3)4)32(28-12-7-8-13-29(28)40-41-37)47-33(39-36)26-15-17-27(18-16-26)46-24-10-23-42/h6-9,11-18,32,42H,5,10,19-24H2,1-4H3,(H,38,44)/t32-,36-/m1/s1. The minimum absolute atomic E-state index is 0.0217. The maximum absolute atomic E-state index is 14.5. The van der Waals surface area contributed by atoms with Crippen molar-refractivity contribution in [2.75, 3.05) is 26.4 Å². The number of hydrogen-bond acceptors (Lipinski definition) is 9. The smallest absolute Gasteiger partial charge is 0.306 e. The van der Waals surface area contributed by atoms with Crippen LogP contribution in [0.25, 0.3) is 10.4 Å². The van der Waals surface area contributed by atoms with Gasteiger partial charge in [0.05, 0.1) is 13.2 Å². The molecule has 0 aliphatic carbocycles. The number of azide groups is 1. The molecule has 0 radical (unpaired) electrons. The van der Waals surface area contributed by atoms with Gasteiger partial charge in [0.1, 0.15) is 17.1 Å². The van der Waals surface area contributed by atoms with Crippen LogP contribution in [0.15, 0.2) is 82.9 Å². The Morgan fingerprint density at radius 1 is 1.06 bits per heavy atom. The zero-order valence-corrected chi connectivity index (χ0v) is 27.8. The van der Waals surface area contributed by atoms with E-state index in [1.54, 1.807) is 69.3 Å². The van der Waals surface area contributed by atoms with E-state index in [1.165, 1.54) is 0 Å². The number of nitrogens with zero attached hydrogens (tertiary/aromatic N) is 4. The van der Waals surface area contributed by atoms with Gasteiger partial charge in [0.25, 0.3) is 5.91 Å². The third-order valence-corrected chi connectivity index (χ3v) is 7.48. The number of esters is 1. The lowest BCUT2D eigenvalue weighted by Gasteiger charge is -2.31. The van der Waals surface area contributed by atoms with Crippen LogP contribution in [0.1, 0.15) is 69.8 Å². The third-order valence-electron chi connectivity index (χ3n) is 7.48. The molecule has 2 atom stereocenters. The molecule has 12 nitrogen and oxygen atoms in total. The average molecular weight is 658 g/mol. The fraction of sp³-hybridized carbons (Fsp3) is 0.417. The molecule has 0 saturated carbocycles. The van der Waals surface area contributed by atoms with Crippen LogP contribution in [0.3, 0.4) is 0 Å². The molecule has 0 fully saturated rings. The molecule has 48 heavy (non-hydrogen) atoms. The summed E-state index contributed by atoms with van der Waals surface area (Å²) in [5, 5.41) is 16.0. The van der Waals surface area contributed by atoms with Gasteiger partial charge in [-0.2, -0.15) is 0 Å². The first-order valence-corrected chi connectivity index (χ1v) is 16.1. The monoisotopic (exact) mass is 657 g/mol. The van der Waals surface area contributed by atoms with E-state index >= 15 is 0 Å². The lowest BCUT2D eigenvalue weighted by Crippen LogP contribution is -2.49. The van der Waals surface area contributed by atoms with E-state index in [0.717, 1.165) is 11.3 Å². The van der Waals surface area contributed by atoms with Crippen molar-refractivity contribution in [2.24, 2.45) is 10.1 Å². The van der Waals surface area contributed by atoms with E-state index in [4.69, 9.17) is 29.0 Å². The van der Waals surface area contributed by atoms with Crippen LogP contribution in [0.2, 0.25) is 0 Å². The minimum Gasteiger partial charge on any atom is -0.494 e. The number of para-hydroxylation sites is 1. The lowest BCUT2D eigenvalue weighted by molar-refractivity contribution is -0.155. The molecule has 0 aromatic heterocycles. The van der Waals surface area contributed by atoms with Crippen LogP contribution in [-0.4, -0.2) is 60.4 Å². The largest absolute Gasteiger partial charge is 0.494 e. The van der Waals surface area contributed by atoms with Crippen molar-refractivity contribution in [1.82, 2.24) is 5.32 Å². The molecule has 3 aromatic carbocycles. The van der Waals surface area contributed by atoms with Gasteiger partial charge in [-0.1, -0.05) is 47.6 Å². The highest BCUT2D eigenvalue weighted by Gasteiger charge is 2.53. The molecule has 3 aromatic rings. The van der Waals surface area contributed by atoms with E-state index in [1.807, 2.05) is 31.2 Å². The number of rotatable bonds is 16. The molecule has 254 valence electrons. The summed E-state index contributed by atoms with van der Waals surface area (Å²) in [5.74, 6) is 0.564. The summed E-state index contributed by atoms with van der Waals surface area (Å²) >= 11 is 0. The number of ether oxygens (including phenoxy) is 4. The van der Waals surface area contributed by atoms with Crippen molar-refractivity contribution in [3.8, 4) is 11.5 Å². The van der Waals surface area contributed by atoms with Gasteiger partial charge in [0.15, 0.2) is 11.6 Å². The molecule has 1 aliphatic heterocycles. The number of nitrogens with one attached hydrogen (secondary N) is 1. The van der Waals surface area contributed by atoms with Crippen molar-refractivity contribution in [3.63, 3.8) is 0 Å². The van der Waals surface area contributed by atoms with E-state index in [2.05, 4.69) is 15.3 Å². The summed E-state index contributed by atoms with van der Waals surface area (Å²) in [6, 6.07) is 21.5. The summed E-state index contributed by atoms with van der Waals surface area (Å²) in [5.41, 5.74) is 9.20. The Hall–Kier alpha value is -5.06. The Morgan fingerprint density at radius 2 is 1.79 bits per heavy atom. The number of hydrogen-bond donors (Lipinski definition) is 2. The number of carbonyl (C=O) groups excluding carboxylic acids is 2. The average Bonchev–Trinajstić information content (AvgIpc) is 3.45. The van der Waals surface area contributed by atoms with Crippen molar-refractivity contribution >= 4 is 23.5 Å². The molecule has 0 bridgehead atoms. The lowest BCUT2D eigenvalue weighted by atomic mass is 9.82. The van der Waals surface area contributed by atoms with Crippen LogP contribution >= 0.6 is 0 Å². The topological polar surface area (TPSA) is 164 Å². The fourth-order valence-electron chi connectivity index (χ4n) is 5.35. The van der Waals surface area contributed by atoms with Crippen LogP contribution in [0.4, 0.5) is 5.69 Å². The zero-order valence-electron chi connectivity index (χ0n) is 27.8. The number of aliphatic imine (C=N–C) groups is 1. The molecule has 0 spiro atoms. The zero-order chi connectivity index (χ0) is 34.6. The van der Waals surface area contributed by atoms with Gasteiger partial charge in [-0.05, 0) is 82.0 Å². The van der Waals surface area contributed by atoms with E-state index in [9.17, 15) is 15.1 Å². The second kappa shape index (κ2) is 16.7. The van der Waals surface area contributed by atoms with Gasteiger partial charge in [-0.15, -0.1) is 0 Å². The summed E-state index contributed by atoms with van der Waals surface area (Å²) < 4.78 is 23.5. The van der Waals surface area contributed by atoms with Crippen molar-refractivity contribution in [2.45, 2.75) is 70.6 Å². The predicted octanol–water partition coefficient (Wildman–Crippen LogP) is 6.53. The van der Waals surface area contributed by atoms with Crippen LogP contribution in [0, 0.1) is 0 Å². The number of carbonyl (C=O) groups is 2. The van der Waals surface area contributed by atoms with Gasteiger partial charge >= 0.3 is 5.97 Å². The Kier molecular flexibility index (Phi) is 12.4. The Balaban J connectivity index is 1.74. The molecule has 0 saturated heterocycles. The molecule has 1 aliphatic rings. The quantitative estimate of drug-likeness (QED) is 0.0581. The molecule has 4 rings (SSSR count). The second-order valence-electron chi connectivity index (χ2n) is 12.2. The number of aliphatic hydroxyl groups excluding tert-OH is 1. The molecule has 1 heterocycles. The normalized spacial score (nSPS) is 17.0. The summed E-state index contributed by atoms with van der Waals surface area (Å²) in [7, 11) is 0. The van der Waals surface area contributed by atoms with E-state index < -0.39 is 29.1 Å². The maximum Gasteiger partial charge on any atom is 0.306 e. The predicted molar refractivity (Wildman–Crippen MR) is 181 cm³/mol. The molecule has 2 N–H and O–H groups in total. The SMILES string of the molecule is CCOc1ccccc1CCNC(=O)[C@]1(CCC(=O)OC(C)(C)C)N=C(c2ccc(OCCCO)cc2)O[C@@H]1c1ccccc1N=[N+]=[N-]. The number of benzene rings is 3. The fourth-order valence-corrected chi connectivity index (χ4v) is 5.35. The number of aliphatic hydroxyl groups is 1. The van der Waals surface area contributed by atoms with Crippen LogP contribution in [-0.2, 0) is 25.5 Å². The van der Waals surface area contributed by atoms with Gasteiger partial charge in [-0.3, -0.25) is 9.59 Å². The van der Waals surface area contributed by atoms with E-state index in [0.29, 0.717) is 42.9 Å². The summed E-state index contributed by atoms with van der Waals surface area (Å²) in [6.07, 6.45) is -0.247. The van der Waals surface area contributed by atoms with Gasteiger partial charge in [-0.25, -0.2) is 4.99 Å². The molecular weight excluding hydrogens is 614 g/mol. The summed E-state index contributed by atoms with van der Waals surface area (Å²) in [4.78, 5) is 35.4. The maximum atomic E-state index is 14.5. The first kappa shape index (κ1) is 35.8. The molecule has 0 unspecified atom stereocenters. The first-order valence-electron chi connectivity index (χ1n) is 16.1. The van der Waals surface area contributed by atoms with Crippen molar-refractivity contribution in [1.29, 1.82) is 0 Å². The Labute approximate surface area is 280 Å². The van der Waals surface area contributed by atoms with Crippen molar-refractivity contribution < 1.29 is 33.6 Å². The molecule has 12 heteroatoms. The molecular formula is C36H43N5O7. The Bertz CT molecular complexity index is 1630. The highest BCUT2D eigenvalue weighted by atomic mass is 16.6. The van der Waals surface area contributed by atoms with Crippen LogP contribution in [0.5, 0.6) is 11.5 Å². The number of amides is 1. The minimum atomic E-state index is -1.64. The van der Waals surface area contributed by atoms with Gasteiger partial charge < -0.3 is 29.4 Å². The second-order valence-corrected chi connectivity index (χ2v) is 12.2.